The molecule has 0 radical (unpaired) electrons. The van der Waals surface area contributed by atoms with Crippen LogP contribution in [0.4, 0.5) is 0 Å². The van der Waals surface area contributed by atoms with Crippen molar-refractivity contribution in [3.63, 3.8) is 0 Å². The predicted molar refractivity (Wildman–Crippen MR) is 69.9 cm³/mol. The van der Waals surface area contributed by atoms with E-state index >= 15 is 0 Å². The zero-order valence-corrected chi connectivity index (χ0v) is 11.4. The summed E-state index contributed by atoms with van der Waals surface area (Å²) in [4.78, 5) is 15.7. The van der Waals surface area contributed by atoms with Crippen LogP contribution in [0.15, 0.2) is 0 Å². The van der Waals surface area contributed by atoms with E-state index in [1.165, 1.54) is 7.11 Å². The number of hydrogen-bond acceptors (Lipinski definition) is 5. The Kier molecular flexibility index (Phi) is 10.1. The number of rotatable bonds is 10. The van der Waals surface area contributed by atoms with E-state index in [-0.39, 0.29) is 5.97 Å². The Bertz CT molecular complexity index is 196. The molecule has 0 aliphatic heterocycles. The van der Waals surface area contributed by atoms with Gasteiger partial charge in [0.15, 0.2) is 0 Å². The van der Waals surface area contributed by atoms with Gasteiger partial charge in [-0.2, -0.15) is 0 Å². The highest BCUT2D eigenvalue weighted by molar-refractivity contribution is 5.69. The molecule has 0 rings (SSSR count). The first-order chi connectivity index (χ1) is 8.17. The number of carbonyl (C=O) groups is 1. The highest BCUT2D eigenvalue weighted by Crippen LogP contribution is 1.95. The van der Waals surface area contributed by atoms with Gasteiger partial charge in [-0.15, -0.1) is 0 Å². The van der Waals surface area contributed by atoms with Crippen LogP contribution in [-0.2, 0) is 9.53 Å². The number of hydrogen-bond donors (Lipinski definition) is 1. The number of methoxy groups -OCH3 is 1. The highest BCUT2D eigenvalue weighted by atomic mass is 16.5. The van der Waals surface area contributed by atoms with Crippen LogP contribution in [0, 0.1) is 0 Å². The van der Waals surface area contributed by atoms with Crippen LogP contribution in [-0.4, -0.2) is 68.7 Å². The molecule has 0 amide bonds. The van der Waals surface area contributed by atoms with Crippen molar-refractivity contribution in [2.75, 3.05) is 52.9 Å². The SMILES string of the molecule is CCN(CC)CCN(CCN)CCC(=O)OC. The molecule has 0 fully saturated rings. The summed E-state index contributed by atoms with van der Waals surface area (Å²) in [7, 11) is 1.42. The van der Waals surface area contributed by atoms with Crippen molar-refractivity contribution >= 4 is 5.97 Å². The minimum Gasteiger partial charge on any atom is -0.469 e. The molecule has 0 aromatic rings. The number of likely N-dealkylation sites (N-methyl/N-ethyl adjacent to an activating group) is 1. The first kappa shape index (κ1) is 16.4. The summed E-state index contributed by atoms with van der Waals surface area (Å²) in [6.45, 7) is 10.6. The third-order valence-corrected chi connectivity index (χ3v) is 2.93. The molecule has 0 spiro atoms. The van der Waals surface area contributed by atoms with Gasteiger partial charge < -0.3 is 20.3 Å². The summed E-state index contributed by atoms with van der Waals surface area (Å²) >= 11 is 0. The van der Waals surface area contributed by atoms with Crippen LogP contribution in [0.2, 0.25) is 0 Å². The van der Waals surface area contributed by atoms with Crippen LogP contribution in [0.5, 0.6) is 0 Å². The van der Waals surface area contributed by atoms with E-state index in [0.29, 0.717) is 13.0 Å². The lowest BCUT2D eigenvalue weighted by Crippen LogP contribution is -2.38. The topological polar surface area (TPSA) is 58.8 Å². The van der Waals surface area contributed by atoms with Gasteiger partial charge in [-0.25, -0.2) is 0 Å². The lowest BCUT2D eigenvalue weighted by atomic mass is 10.3. The van der Waals surface area contributed by atoms with Gasteiger partial charge in [0.2, 0.25) is 0 Å². The molecule has 0 aliphatic carbocycles. The molecule has 0 saturated carbocycles. The van der Waals surface area contributed by atoms with E-state index in [2.05, 4.69) is 28.4 Å². The average molecular weight is 245 g/mol. The van der Waals surface area contributed by atoms with Gasteiger partial charge in [0.25, 0.3) is 0 Å². The van der Waals surface area contributed by atoms with Crippen molar-refractivity contribution in [3.8, 4) is 0 Å². The largest absolute Gasteiger partial charge is 0.469 e. The van der Waals surface area contributed by atoms with Gasteiger partial charge in [-0.3, -0.25) is 4.79 Å². The maximum Gasteiger partial charge on any atom is 0.306 e. The van der Waals surface area contributed by atoms with Crippen LogP contribution < -0.4 is 5.73 Å². The molecule has 5 heteroatoms. The molecule has 0 heterocycles. The first-order valence-corrected chi connectivity index (χ1v) is 6.39. The molecule has 0 atom stereocenters. The number of esters is 1. The number of nitrogens with two attached hydrogens (primary N) is 1. The standard InChI is InChI=1S/C12H27N3O2/c1-4-14(5-2)10-11-15(9-7-13)8-6-12(16)17-3/h4-11,13H2,1-3H3. The van der Waals surface area contributed by atoms with Crippen molar-refractivity contribution in [2.24, 2.45) is 5.73 Å². The van der Waals surface area contributed by atoms with Gasteiger partial charge in [0.1, 0.15) is 0 Å². The summed E-state index contributed by atoms with van der Waals surface area (Å²) < 4.78 is 4.64. The zero-order valence-electron chi connectivity index (χ0n) is 11.4. The van der Waals surface area contributed by atoms with Crippen molar-refractivity contribution in [1.29, 1.82) is 0 Å². The Morgan fingerprint density at radius 3 is 2.12 bits per heavy atom. The lowest BCUT2D eigenvalue weighted by molar-refractivity contribution is -0.141. The van der Waals surface area contributed by atoms with Gasteiger partial charge in [-0.05, 0) is 13.1 Å². The Morgan fingerprint density at radius 1 is 1.06 bits per heavy atom. The second kappa shape index (κ2) is 10.5. The Labute approximate surface area is 105 Å². The molecular formula is C12H27N3O2. The van der Waals surface area contributed by atoms with E-state index in [0.717, 1.165) is 39.3 Å². The summed E-state index contributed by atoms with van der Waals surface area (Å²) in [5, 5.41) is 0. The molecule has 2 N–H and O–H groups in total. The molecule has 102 valence electrons. The smallest absolute Gasteiger partial charge is 0.306 e. The molecule has 17 heavy (non-hydrogen) atoms. The third kappa shape index (κ3) is 8.12. The van der Waals surface area contributed by atoms with Crippen molar-refractivity contribution in [2.45, 2.75) is 20.3 Å². The molecule has 5 nitrogen and oxygen atoms in total. The van der Waals surface area contributed by atoms with E-state index in [1.54, 1.807) is 0 Å². The second-order valence-electron chi connectivity index (χ2n) is 3.98. The quantitative estimate of drug-likeness (QED) is 0.555. The van der Waals surface area contributed by atoms with E-state index in [9.17, 15) is 4.79 Å². The monoisotopic (exact) mass is 245 g/mol. The fourth-order valence-electron chi connectivity index (χ4n) is 1.69. The Hall–Kier alpha value is -0.650. The average Bonchev–Trinajstić information content (AvgIpc) is 2.36. The van der Waals surface area contributed by atoms with Crippen LogP contribution in [0.3, 0.4) is 0 Å². The molecule has 0 unspecified atom stereocenters. The first-order valence-electron chi connectivity index (χ1n) is 6.39. The number of nitrogens with zero attached hydrogens (tertiary/aromatic N) is 2. The van der Waals surface area contributed by atoms with Gasteiger partial charge in [-0.1, -0.05) is 13.8 Å². The van der Waals surface area contributed by atoms with Gasteiger partial charge in [0.05, 0.1) is 13.5 Å². The minimum atomic E-state index is -0.158. The second-order valence-corrected chi connectivity index (χ2v) is 3.98. The molecule has 0 aliphatic rings. The molecule has 0 bridgehead atoms. The number of ether oxygens (including phenoxy) is 1. The molecular weight excluding hydrogens is 218 g/mol. The van der Waals surface area contributed by atoms with E-state index in [1.807, 2.05) is 0 Å². The number of carbonyl (C=O) groups excluding carboxylic acids is 1. The van der Waals surface area contributed by atoms with Gasteiger partial charge in [0, 0.05) is 32.7 Å². The highest BCUT2D eigenvalue weighted by Gasteiger charge is 2.09. The molecule has 0 saturated heterocycles. The van der Waals surface area contributed by atoms with Crippen molar-refractivity contribution in [1.82, 2.24) is 9.80 Å². The normalized spacial score (nSPS) is 11.2. The summed E-state index contributed by atoms with van der Waals surface area (Å²) in [6.07, 6.45) is 0.439. The summed E-state index contributed by atoms with van der Waals surface area (Å²) in [5.41, 5.74) is 5.57. The minimum absolute atomic E-state index is 0.158. The predicted octanol–water partition coefficient (Wildman–Crippen LogP) is 0.152. The lowest BCUT2D eigenvalue weighted by Gasteiger charge is -2.25. The third-order valence-electron chi connectivity index (χ3n) is 2.93. The Morgan fingerprint density at radius 2 is 1.65 bits per heavy atom. The van der Waals surface area contributed by atoms with Crippen molar-refractivity contribution in [3.05, 3.63) is 0 Å². The fourth-order valence-corrected chi connectivity index (χ4v) is 1.69. The van der Waals surface area contributed by atoms with E-state index in [4.69, 9.17) is 5.73 Å². The maximum absolute atomic E-state index is 11.1. The fraction of sp³-hybridized carbons (Fsp3) is 0.917. The van der Waals surface area contributed by atoms with Crippen LogP contribution in [0.1, 0.15) is 20.3 Å². The molecule has 0 aromatic carbocycles. The zero-order chi connectivity index (χ0) is 13.1. The summed E-state index contributed by atoms with van der Waals surface area (Å²) in [6, 6.07) is 0. The summed E-state index contributed by atoms with van der Waals surface area (Å²) in [5.74, 6) is -0.158. The van der Waals surface area contributed by atoms with Crippen molar-refractivity contribution < 1.29 is 9.53 Å². The molecule has 0 aromatic heterocycles. The Balaban J connectivity index is 3.92. The maximum atomic E-state index is 11.1. The van der Waals surface area contributed by atoms with Crippen LogP contribution >= 0.6 is 0 Å². The van der Waals surface area contributed by atoms with Gasteiger partial charge >= 0.3 is 5.97 Å². The van der Waals surface area contributed by atoms with Crippen LogP contribution in [0.25, 0.3) is 0 Å². The van der Waals surface area contributed by atoms with E-state index < -0.39 is 0 Å².